The molecule has 1 saturated heterocycles. The summed E-state index contributed by atoms with van der Waals surface area (Å²) in [5.74, 6) is -0.170. The number of fused-ring (bicyclic) bond motifs is 1. The zero-order chi connectivity index (χ0) is 20.1. The molecular weight excluding hydrogens is 362 g/mol. The van der Waals surface area contributed by atoms with Crippen LogP contribution in [0, 0.1) is 5.92 Å². The second kappa shape index (κ2) is 9.12. The molecule has 1 fully saturated rings. The highest BCUT2D eigenvalue weighted by Gasteiger charge is 2.26. The minimum atomic E-state index is -0.156. The van der Waals surface area contributed by atoms with Crippen molar-refractivity contribution in [3.63, 3.8) is 0 Å². The van der Waals surface area contributed by atoms with E-state index >= 15 is 0 Å². The first-order chi connectivity index (χ1) is 14.2. The molecule has 152 valence electrons. The Morgan fingerprint density at radius 3 is 2.55 bits per heavy atom. The van der Waals surface area contributed by atoms with Gasteiger partial charge in [-0.05, 0) is 49.4 Å². The van der Waals surface area contributed by atoms with Crippen LogP contribution in [-0.4, -0.2) is 24.9 Å². The molecule has 5 heteroatoms. The maximum atomic E-state index is 12.6. The fourth-order valence-corrected chi connectivity index (χ4v) is 4.33. The van der Waals surface area contributed by atoms with Crippen LogP contribution >= 0.6 is 0 Å². The lowest BCUT2D eigenvalue weighted by atomic mass is 9.89. The molecule has 0 aromatic heterocycles. The molecule has 2 aromatic carbocycles. The molecule has 0 radical (unpaired) electrons. The van der Waals surface area contributed by atoms with Crippen molar-refractivity contribution in [1.82, 2.24) is 0 Å². The lowest BCUT2D eigenvalue weighted by molar-refractivity contribution is -0.121. The maximum absolute atomic E-state index is 12.6. The average Bonchev–Trinajstić information content (AvgIpc) is 3.02. The highest BCUT2D eigenvalue weighted by atomic mass is 16.2. The largest absolute Gasteiger partial charge is 0.370 e. The SMILES string of the molecule is O=C(CCC1Cc2ccccc2NC1=O)Nc1ccccc1N1CCCCCC1. The van der Waals surface area contributed by atoms with E-state index in [-0.39, 0.29) is 17.7 Å². The van der Waals surface area contributed by atoms with Crippen LogP contribution < -0.4 is 15.5 Å². The van der Waals surface area contributed by atoms with Crippen molar-refractivity contribution in [2.75, 3.05) is 28.6 Å². The number of benzene rings is 2. The molecule has 0 bridgehead atoms. The van der Waals surface area contributed by atoms with Crippen molar-refractivity contribution in [3.8, 4) is 0 Å². The maximum Gasteiger partial charge on any atom is 0.227 e. The molecular formula is C24H29N3O2. The van der Waals surface area contributed by atoms with Crippen molar-refractivity contribution < 1.29 is 9.59 Å². The Kier molecular flexibility index (Phi) is 6.13. The Balaban J connectivity index is 1.36. The molecule has 2 aliphatic heterocycles. The summed E-state index contributed by atoms with van der Waals surface area (Å²) in [5, 5.41) is 6.05. The van der Waals surface area contributed by atoms with Gasteiger partial charge >= 0.3 is 0 Å². The molecule has 2 aromatic rings. The van der Waals surface area contributed by atoms with Gasteiger partial charge in [-0.3, -0.25) is 9.59 Å². The number of hydrogen-bond acceptors (Lipinski definition) is 3. The summed E-state index contributed by atoms with van der Waals surface area (Å²) >= 11 is 0. The zero-order valence-electron chi connectivity index (χ0n) is 16.8. The van der Waals surface area contributed by atoms with Gasteiger partial charge in [0, 0.05) is 31.1 Å². The van der Waals surface area contributed by atoms with Gasteiger partial charge in [0.15, 0.2) is 0 Å². The number of carbonyl (C=O) groups excluding carboxylic acids is 2. The summed E-state index contributed by atoms with van der Waals surface area (Å²) in [6, 6.07) is 15.9. The standard InChI is InChI=1S/C24H29N3O2/c28-23(14-13-19-17-18-9-3-4-10-20(18)26-24(19)29)25-21-11-5-6-12-22(21)27-15-7-1-2-8-16-27/h3-6,9-12,19H,1-2,7-8,13-17H2,(H,25,28)(H,26,29). The van der Waals surface area contributed by atoms with Crippen molar-refractivity contribution in [2.24, 2.45) is 5.92 Å². The number of para-hydroxylation sites is 3. The number of hydrogen-bond donors (Lipinski definition) is 2. The van der Waals surface area contributed by atoms with Crippen molar-refractivity contribution in [3.05, 3.63) is 54.1 Å². The fourth-order valence-electron chi connectivity index (χ4n) is 4.33. The number of nitrogens with one attached hydrogen (secondary N) is 2. The minimum Gasteiger partial charge on any atom is -0.370 e. The summed E-state index contributed by atoms with van der Waals surface area (Å²) in [6.07, 6.45) is 6.53. The van der Waals surface area contributed by atoms with Gasteiger partial charge in [-0.2, -0.15) is 0 Å². The quantitative estimate of drug-likeness (QED) is 0.783. The molecule has 29 heavy (non-hydrogen) atoms. The Morgan fingerprint density at radius 2 is 1.72 bits per heavy atom. The van der Waals surface area contributed by atoms with Crippen LogP contribution in [0.5, 0.6) is 0 Å². The highest BCUT2D eigenvalue weighted by Crippen LogP contribution is 2.30. The molecule has 2 amide bonds. The molecule has 2 N–H and O–H groups in total. The fraction of sp³-hybridized carbons (Fsp3) is 0.417. The normalized spacial score (nSPS) is 19.1. The van der Waals surface area contributed by atoms with E-state index in [2.05, 4.69) is 21.6 Å². The summed E-state index contributed by atoms with van der Waals surface area (Å²) in [6.45, 7) is 2.07. The van der Waals surface area contributed by atoms with Crippen molar-refractivity contribution in [1.29, 1.82) is 0 Å². The molecule has 1 unspecified atom stereocenters. The Hall–Kier alpha value is -2.82. The van der Waals surface area contributed by atoms with Crippen molar-refractivity contribution >= 4 is 28.9 Å². The van der Waals surface area contributed by atoms with E-state index in [0.29, 0.717) is 19.3 Å². The van der Waals surface area contributed by atoms with Gasteiger partial charge < -0.3 is 15.5 Å². The summed E-state index contributed by atoms with van der Waals surface area (Å²) in [4.78, 5) is 27.4. The van der Waals surface area contributed by atoms with Crippen LogP contribution in [0.15, 0.2) is 48.5 Å². The molecule has 1 atom stereocenters. The lowest BCUT2D eigenvalue weighted by Gasteiger charge is -2.26. The van der Waals surface area contributed by atoms with E-state index in [1.807, 2.05) is 42.5 Å². The van der Waals surface area contributed by atoms with Gasteiger partial charge in [-0.25, -0.2) is 0 Å². The van der Waals surface area contributed by atoms with Gasteiger partial charge in [-0.1, -0.05) is 43.2 Å². The number of amides is 2. The molecule has 2 aliphatic rings. The number of carbonyl (C=O) groups is 2. The second-order valence-corrected chi connectivity index (χ2v) is 8.05. The predicted octanol–water partition coefficient (Wildman–Crippen LogP) is 4.60. The molecule has 2 heterocycles. The summed E-state index contributed by atoms with van der Waals surface area (Å²) in [7, 11) is 0. The topological polar surface area (TPSA) is 61.4 Å². The van der Waals surface area contributed by atoms with E-state index in [0.717, 1.165) is 35.7 Å². The first-order valence-corrected chi connectivity index (χ1v) is 10.7. The van der Waals surface area contributed by atoms with Gasteiger partial charge in [0.1, 0.15) is 0 Å². The summed E-state index contributed by atoms with van der Waals surface area (Å²) < 4.78 is 0. The van der Waals surface area contributed by atoms with Gasteiger partial charge in [0.2, 0.25) is 11.8 Å². The molecule has 4 rings (SSSR count). The Bertz CT molecular complexity index is 872. The lowest BCUT2D eigenvalue weighted by Crippen LogP contribution is -2.31. The first kappa shape index (κ1) is 19.5. The van der Waals surface area contributed by atoms with Crippen molar-refractivity contribution in [2.45, 2.75) is 44.9 Å². The van der Waals surface area contributed by atoms with Crippen LogP contribution in [-0.2, 0) is 16.0 Å². The van der Waals surface area contributed by atoms with E-state index in [4.69, 9.17) is 0 Å². The van der Waals surface area contributed by atoms with Gasteiger partial charge in [-0.15, -0.1) is 0 Å². The van der Waals surface area contributed by atoms with E-state index < -0.39 is 0 Å². The molecule has 0 saturated carbocycles. The highest BCUT2D eigenvalue weighted by molar-refractivity contribution is 5.97. The average molecular weight is 392 g/mol. The first-order valence-electron chi connectivity index (χ1n) is 10.7. The van der Waals surface area contributed by atoms with E-state index in [1.54, 1.807) is 0 Å². The monoisotopic (exact) mass is 391 g/mol. The van der Waals surface area contributed by atoms with Crippen LogP contribution in [0.4, 0.5) is 17.1 Å². The zero-order valence-corrected chi connectivity index (χ0v) is 16.8. The smallest absolute Gasteiger partial charge is 0.227 e. The second-order valence-electron chi connectivity index (χ2n) is 8.05. The molecule has 0 aliphatic carbocycles. The number of nitrogens with zero attached hydrogens (tertiary/aromatic N) is 1. The third-order valence-corrected chi connectivity index (χ3v) is 5.96. The minimum absolute atomic E-state index is 0.0152. The Morgan fingerprint density at radius 1 is 1.00 bits per heavy atom. The van der Waals surface area contributed by atoms with Crippen LogP contribution in [0.1, 0.15) is 44.1 Å². The predicted molar refractivity (Wildman–Crippen MR) is 117 cm³/mol. The van der Waals surface area contributed by atoms with Crippen LogP contribution in [0.2, 0.25) is 0 Å². The van der Waals surface area contributed by atoms with Crippen LogP contribution in [0.25, 0.3) is 0 Å². The van der Waals surface area contributed by atoms with E-state index in [1.165, 1.54) is 25.7 Å². The summed E-state index contributed by atoms with van der Waals surface area (Å²) in [5.41, 5.74) is 4.01. The molecule has 0 spiro atoms. The number of anilines is 3. The van der Waals surface area contributed by atoms with Gasteiger partial charge in [0.05, 0.1) is 11.4 Å². The van der Waals surface area contributed by atoms with Gasteiger partial charge in [0.25, 0.3) is 0 Å². The van der Waals surface area contributed by atoms with Crippen LogP contribution in [0.3, 0.4) is 0 Å². The Labute approximate surface area is 172 Å². The third-order valence-electron chi connectivity index (χ3n) is 5.96. The van der Waals surface area contributed by atoms with E-state index in [9.17, 15) is 9.59 Å². The number of rotatable bonds is 5. The third kappa shape index (κ3) is 4.78. The molecule has 5 nitrogen and oxygen atoms in total.